The lowest BCUT2D eigenvalue weighted by atomic mass is 10.1. The van der Waals surface area contributed by atoms with Crippen LogP contribution >= 0.6 is 11.3 Å². The number of amides is 1. The number of rotatable bonds is 4. The number of nitrogens with one attached hydrogen (secondary N) is 1. The summed E-state index contributed by atoms with van der Waals surface area (Å²) < 4.78 is 5.38. The van der Waals surface area contributed by atoms with Crippen LogP contribution in [0, 0.1) is 0 Å². The Kier molecular flexibility index (Phi) is 5.36. The van der Waals surface area contributed by atoms with Gasteiger partial charge < -0.3 is 15.0 Å². The molecular formula is C15H23N3O2S. The SMILES string of the molecule is CC(C)(C)OC(=O)N1CC=C(CNCc2nccs2)CC1. The molecule has 0 radical (unpaired) electrons. The molecule has 1 aromatic rings. The standard InChI is InChI=1S/C15H23N3O2S/c1-15(2,3)20-14(19)18-7-4-12(5-8-18)10-16-11-13-17-6-9-21-13/h4,6,9,16H,5,7-8,10-11H2,1-3H3. The summed E-state index contributed by atoms with van der Waals surface area (Å²) in [7, 11) is 0. The summed E-state index contributed by atoms with van der Waals surface area (Å²) >= 11 is 1.66. The van der Waals surface area contributed by atoms with Crippen molar-refractivity contribution in [3.8, 4) is 0 Å². The molecule has 0 unspecified atom stereocenters. The third-order valence-electron chi connectivity index (χ3n) is 3.07. The van der Waals surface area contributed by atoms with Crippen molar-refractivity contribution in [2.75, 3.05) is 19.6 Å². The van der Waals surface area contributed by atoms with E-state index in [0.29, 0.717) is 6.54 Å². The zero-order valence-electron chi connectivity index (χ0n) is 12.9. The van der Waals surface area contributed by atoms with Crippen LogP contribution in [0.4, 0.5) is 4.79 Å². The molecule has 0 fully saturated rings. The van der Waals surface area contributed by atoms with Gasteiger partial charge >= 0.3 is 6.09 Å². The summed E-state index contributed by atoms with van der Waals surface area (Å²) in [6.45, 7) is 8.66. The monoisotopic (exact) mass is 309 g/mol. The molecule has 1 aliphatic rings. The van der Waals surface area contributed by atoms with Crippen LogP contribution in [0.2, 0.25) is 0 Å². The second-order valence-electron chi connectivity index (χ2n) is 6.07. The number of hydrogen-bond donors (Lipinski definition) is 1. The van der Waals surface area contributed by atoms with Gasteiger partial charge in [-0.2, -0.15) is 0 Å². The molecule has 0 aromatic carbocycles. The Hall–Kier alpha value is -1.40. The maximum Gasteiger partial charge on any atom is 0.410 e. The molecule has 0 saturated heterocycles. The Morgan fingerprint density at radius 1 is 1.48 bits per heavy atom. The first-order valence-corrected chi connectivity index (χ1v) is 8.07. The molecule has 0 bridgehead atoms. The predicted molar refractivity (Wildman–Crippen MR) is 84.3 cm³/mol. The number of carbonyl (C=O) groups excluding carboxylic acids is 1. The number of thiazole rings is 1. The van der Waals surface area contributed by atoms with Gasteiger partial charge in [-0.05, 0) is 27.2 Å². The largest absolute Gasteiger partial charge is 0.444 e. The number of hydrogen-bond acceptors (Lipinski definition) is 5. The Labute approximate surface area is 130 Å². The van der Waals surface area contributed by atoms with Crippen molar-refractivity contribution in [3.05, 3.63) is 28.2 Å². The summed E-state index contributed by atoms with van der Waals surface area (Å²) in [5, 5.41) is 6.47. The van der Waals surface area contributed by atoms with E-state index in [4.69, 9.17) is 4.74 Å². The van der Waals surface area contributed by atoms with Crippen molar-refractivity contribution in [2.45, 2.75) is 39.3 Å². The fourth-order valence-corrected chi connectivity index (χ4v) is 2.62. The van der Waals surface area contributed by atoms with Gasteiger partial charge in [-0.1, -0.05) is 11.6 Å². The number of aromatic nitrogens is 1. The summed E-state index contributed by atoms with van der Waals surface area (Å²) in [5.74, 6) is 0. The van der Waals surface area contributed by atoms with Gasteiger partial charge in [-0.3, -0.25) is 0 Å². The van der Waals surface area contributed by atoms with Crippen LogP contribution in [0.3, 0.4) is 0 Å². The van der Waals surface area contributed by atoms with Crippen molar-refractivity contribution in [2.24, 2.45) is 0 Å². The molecule has 2 rings (SSSR count). The Balaban J connectivity index is 1.73. The first-order chi connectivity index (χ1) is 9.94. The highest BCUT2D eigenvalue weighted by molar-refractivity contribution is 7.09. The Morgan fingerprint density at radius 2 is 2.29 bits per heavy atom. The van der Waals surface area contributed by atoms with Gasteiger partial charge in [0.05, 0.1) is 0 Å². The van der Waals surface area contributed by atoms with Crippen molar-refractivity contribution in [1.82, 2.24) is 15.2 Å². The maximum absolute atomic E-state index is 11.9. The lowest BCUT2D eigenvalue weighted by molar-refractivity contribution is 0.0265. The van der Waals surface area contributed by atoms with Crippen molar-refractivity contribution >= 4 is 17.4 Å². The van der Waals surface area contributed by atoms with Gasteiger partial charge in [0.15, 0.2) is 0 Å². The van der Waals surface area contributed by atoms with Crippen molar-refractivity contribution < 1.29 is 9.53 Å². The Morgan fingerprint density at radius 3 is 2.86 bits per heavy atom. The molecule has 1 aromatic heterocycles. The zero-order valence-corrected chi connectivity index (χ0v) is 13.7. The summed E-state index contributed by atoms with van der Waals surface area (Å²) in [6, 6.07) is 0. The van der Waals surface area contributed by atoms with Crippen LogP contribution in [0.5, 0.6) is 0 Å². The van der Waals surface area contributed by atoms with Gasteiger partial charge in [0.25, 0.3) is 0 Å². The molecule has 21 heavy (non-hydrogen) atoms. The summed E-state index contributed by atoms with van der Waals surface area (Å²) in [6.07, 6.45) is 4.60. The maximum atomic E-state index is 11.9. The van der Waals surface area contributed by atoms with E-state index < -0.39 is 5.60 Å². The fraction of sp³-hybridized carbons (Fsp3) is 0.600. The molecule has 0 atom stereocenters. The quantitative estimate of drug-likeness (QED) is 0.869. The Bertz CT molecular complexity index is 492. The minimum Gasteiger partial charge on any atom is -0.444 e. The van der Waals surface area contributed by atoms with Crippen molar-refractivity contribution in [3.63, 3.8) is 0 Å². The smallest absolute Gasteiger partial charge is 0.410 e. The number of carbonyl (C=O) groups is 1. The minimum absolute atomic E-state index is 0.228. The van der Waals surface area contributed by atoms with E-state index in [2.05, 4.69) is 16.4 Å². The lowest BCUT2D eigenvalue weighted by Gasteiger charge is -2.29. The summed E-state index contributed by atoms with van der Waals surface area (Å²) in [5.41, 5.74) is 0.905. The van der Waals surface area contributed by atoms with E-state index >= 15 is 0 Å². The van der Waals surface area contributed by atoms with Gasteiger partial charge in [-0.15, -0.1) is 11.3 Å². The van der Waals surface area contributed by atoms with E-state index in [1.54, 1.807) is 16.2 Å². The normalized spacial score (nSPS) is 15.8. The first kappa shape index (κ1) is 16.0. The highest BCUT2D eigenvalue weighted by atomic mass is 32.1. The van der Waals surface area contributed by atoms with Gasteiger partial charge in [-0.25, -0.2) is 9.78 Å². The molecule has 0 spiro atoms. The molecule has 6 heteroatoms. The van der Waals surface area contributed by atoms with Crippen LogP contribution in [-0.4, -0.2) is 41.2 Å². The molecule has 0 saturated carbocycles. The number of nitrogens with zero attached hydrogens (tertiary/aromatic N) is 2. The molecule has 0 aliphatic carbocycles. The molecule has 1 N–H and O–H groups in total. The third-order valence-corrected chi connectivity index (χ3v) is 3.85. The molecule has 5 nitrogen and oxygen atoms in total. The second-order valence-corrected chi connectivity index (χ2v) is 7.05. The highest BCUT2D eigenvalue weighted by Gasteiger charge is 2.23. The van der Waals surface area contributed by atoms with Crippen LogP contribution < -0.4 is 5.32 Å². The highest BCUT2D eigenvalue weighted by Crippen LogP contribution is 2.15. The van der Waals surface area contributed by atoms with Gasteiger partial charge in [0.2, 0.25) is 0 Å². The van der Waals surface area contributed by atoms with E-state index in [-0.39, 0.29) is 6.09 Å². The topological polar surface area (TPSA) is 54.5 Å². The predicted octanol–water partition coefficient (Wildman–Crippen LogP) is 2.80. The minimum atomic E-state index is -0.434. The van der Waals surface area contributed by atoms with Crippen LogP contribution in [-0.2, 0) is 11.3 Å². The number of ether oxygens (including phenoxy) is 1. The van der Waals surface area contributed by atoms with Crippen molar-refractivity contribution in [1.29, 1.82) is 0 Å². The zero-order chi connectivity index (χ0) is 15.3. The molecular weight excluding hydrogens is 286 g/mol. The second kappa shape index (κ2) is 7.04. The fourth-order valence-electron chi connectivity index (χ4n) is 2.03. The van der Waals surface area contributed by atoms with Gasteiger partial charge in [0, 0.05) is 37.8 Å². The molecule has 1 aliphatic heterocycles. The van der Waals surface area contributed by atoms with E-state index in [9.17, 15) is 4.79 Å². The summed E-state index contributed by atoms with van der Waals surface area (Å²) in [4.78, 5) is 17.9. The van der Waals surface area contributed by atoms with Crippen LogP contribution in [0.25, 0.3) is 0 Å². The molecule has 116 valence electrons. The van der Waals surface area contributed by atoms with E-state index in [1.165, 1.54) is 5.57 Å². The third kappa shape index (κ3) is 5.47. The lowest BCUT2D eigenvalue weighted by Crippen LogP contribution is -2.39. The van der Waals surface area contributed by atoms with Crippen LogP contribution in [0.15, 0.2) is 23.2 Å². The molecule has 2 heterocycles. The molecule has 1 amide bonds. The van der Waals surface area contributed by atoms with Crippen LogP contribution in [0.1, 0.15) is 32.2 Å². The van der Waals surface area contributed by atoms with Gasteiger partial charge in [0.1, 0.15) is 10.6 Å². The first-order valence-electron chi connectivity index (χ1n) is 7.19. The van der Waals surface area contributed by atoms with E-state index in [1.807, 2.05) is 32.3 Å². The average Bonchev–Trinajstić information content (AvgIpc) is 2.91. The average molecular weight is 309 g/mol. The van der Waals surface area contributed by atoms with E-state index in [0.717, 1.165) is 31.1 Å².